The smallest absolute Gasteiger partial charge is 0.0645 e. The molecule has 0 aromatic heterocycles. The zero-order valence-electron chi connectivity index (χ0n) is 7.24. The van der Waals surface area contributed by atoms with Gasteiger partial charge in [-0.15, -0.1) is 12.4 Å². The Bertz CT molecular complexity index is 133. The summed E-state index contributed by atoms with van der Waals surface area (Å²) in [6.07, 6.45) is 2.33. The summed E-state index contributed by atoms with van der Waals surface area (Å²) in [7, 11) is 0. The molecule has 2 aliphatic rings. The van der Waals surface area contributed by atoms with Crippen molar-refractivity contribution >= 4 is 12.4 Å². The van der Waals surface area contributed by atoms with Gasteiger partial charge in [-0.05, 0) is 12.8 Å². The Balaban J connectivity index is 0.000000720. The van der Waals surface area contributed by atoms with Crippen LogP contribution in [-0.4, -0.2) is 43.3 Å². The van der Waals surface area contributed by atoms with Gasteiger partial charge in [-0.1, -0.05) is 0 Å². The minimum Gasteiger partial charge on any atom is -0.378 e. The third-order valence-corrected chi connectivity index (χ3v) is 2.71. The van der Waals surface area contributed by atoms with E-state index in [1.54, 1.807) is 0 Å². The highest BCUT2D eigenvalue weighted by atomic mass is 35.5. The number of likely N-dealkylation sites (tertiary alicyclic amines) is 1. The molecule has 0 radical (unpaired) electrons. The lowest BCUT2D eigenvalue weighted by atomic mass is 10.0. The van der Waals surface area contributed by atoms with E-state index >= 15 is 0 Å². The molecule has 2 N–H and O–H groups in total. The first-order valence-corrected chi connectivity index (χ1v) is 4.43. The summed E-state index contributed by atoms with van der Waals surface area (Å²) in [6.45, 7) is 4.23. The van der Waals surface area contributed by atoms with Crippen molar-refractivity contribution in [3.8, 4) is 0 Å². The van der Waals surface area contributed by atoms with Gasteiger partial charge >= 0.3 is 0 Å². The second-order valence-corrected chi connectivity index (χ2v) is 3.56. The zero-order valence-corrected chi connectivity index (χ0v) is 8.05. The maximum absolute atomic E-state index is 5.80. The van der Waals surface area contributed by atoms with Crippen molar-refractivity contribution in [3.05, 3.63) is 0 Å². The Morgan fingerprint density at radius 3 is 2.17 bits per heavy atom. The highest BCUT2D eigenvalue weighted by Crippen LogP contribution is 2.16. The minimum absolute atomic E-state index is 0. The minimum atomic E-state index is 0. The number of nitrogens with zero attached hydrogens (tertiary/aromatic N) is 1. The van der Waals surface area contributed by atoms with E-state index in [-0.39, 0.29) is 12.4 Å². The summed E-state index contributed by atoms with van der Waals surface area (Å²) in [5.41, 5.74) is 5.80. The molecule has 0 saturated carbocycles. The number of hydrogen-bond acceptors (Lipinski definition) is 3. The lowest BCUT2D eigenvalue weighted by molar-refractivity contribution is -0.0710. The Kier molecular flexibility index (Phi) is 3.77. The van der Waals surface area contributed by atoms with E-state index in [1.165, 1.54) is 13.1 Å². The molecular weight excluding hydrogens is 176 g/mol. The van der Waals surface area contributed by atoms with Crippen LogP contribution in [0, 0.1) is 0 Å². The fourth-order valence-corrected chi connectivity index (χ4v) is 1.72. The standard InChI is InChI=1S/C8H16N2O.ClH/c9-7-1-3-10(4-2-7)8-5-11-6-8;/h7-8H,1-6,9H2;1H. The van der Waals surface area contributed by atoms with Crippen LogP contribution >= 0.6 is 12.4 Å². The Morgan fingerprint density at radius 1 is 1.17 bits per heavy atom. The Labute approximate surface area is 79.6 Å². The van der Waals surface area contributed by atoms with Crippen LogP contribution < -0.4 is 5.73 Å². The van der Waals surface area contributed by atoms with Gasteiger partial charge in [0.15, 0.2) is 0 Å². The summed E-state index contributed by atoms with van der Waals surface area (Å²) < 4.78 is 5.14. The van der Waals surface area contributed by atoms with Crippen LogP contribution in [0.4, 0.5) is 0 Å². The summed E-state index contributed by atoms with van der Waals surface area (Å²) in [4.78, 5) is 2.51. The molecule has 2 rings (SSSR count). The van der Waals surface area contributed by atoms with Gasteiger partial charge in [-0.2, -0.15) is 0 Å². The molecule has 0 bridgehead atoms. The summed E-state index contributed by atoms with van der Waals surface area (Å²) in [5.74, 6) is 0. The SMILES string of the molecule is Cl.NC1CCN(C2COC2)CC1. The van der Waals surface area contributed by atoms with Gasteiger partial charge in [0, 0.05) is 19.1 Å². The molecule has 3 nitrogen and oxygen atoms in total. The maximum Gasteiger partial charge on any atom is 0.0645 e. The molecule has 0 amide bonds. The highest BCUT2D eigenvalue weighted by molar-refractivity contribution is 5.85. The third kappa shape index (κ3) is 2.10. The molecule has 2 fully saturated rings. The Hall–Kier alpha value is 0.170. The molecule has 2 saturated heterocycles. The Morgan fingerprint density at radius 2 is 1.75 bits per heavy atom. The van der Waals surface area contributed by atoms with Crippen LogP contribution in [0.2, 0.25) is 0 Å². The van der Waals surface area contributed by atoms with Crippen LogP contribution in [-0.2, 0) is 4.74 Å². The quantitative estimate of drug-likeness (QED) is 0.647. The first-order valence-electron chi connectivity index (χ1n) is 4.43. The van der Waals surface area contributed by atoms with Gasteiger partial charge in [-0.3, -0.25) is 4.90 Å². The van der Waals surface area contributed by atoms with Crippen molar-refractivity contribution < 1.29 is 4.74 Å². The summed E-state index contributed by atoms with van der Waals surface area (Å²) in [6, 6.07) is 1.16. The van der Waals surface area contributed by atoms with E-state index in [0.717, 1.165) is 26.1 Å². The molecule has 0 aromatic carbocycles. The maximum atomic E-state index is 5.80. The van der Waals surface area contributed by atoms with Gasteiger partial charge in [0.05, 0.1) is 19.3 Å². The molecule has 2 aliphatic heterocycles. The van der Waals surface area contributed by atoms with E-state index in [9.17, 15) is 0 Å². The predicted molar refractivity (Wildman–Crippen MR) is 50.6 cm³/mol. The van der Waals surface area contributed by atoms with Crippen molar-refractivity contribution in [3.63, 3.8) is 0 Å². The normalized spacial score (nSPS) is 27.8. The van der Waals surface area contributed by atoms with Crippen molar-refractivity contribution in [2.45, 2.75) is 24.9 Å². The molecule has 12 heavy (non-hydrogen) atoms. The van der Waals surface area contributed by atoms with Gasteiger partial charge < -0.3 is 10.5 Å². The number of ether oxygens (including phenoxy) is 1. The van der Waals surface area contributed by atoms with E-state index < -0.39 is 0 Å². The van der Waals surface area contributed by atoms with Gasteiger partial charge in [-0.25, -0.2) is 0 Å². The number of halogens is 1. The van der Waals surface area contributed by atoms with Gasteiger partial charge in [0.1, 0.15) is 0 Å². The first-order chi connectivity index (χ1) is 5.36. The largest absolute Gasteiger partial charge is 0.378 e. The van der Waals surface area contributed by atoms with Crippen molar-refractivity contribution in [1.82, 2.24) is 4.90 Å². The fourth-order valence-electron chi connectivity index (χ4n) is 1.72. The number of nitrogens with two attached hydrogens (primary N) is 1. The average molecular weight is 193 g/mol. The average Bonchev–Trinajstić information content (AvgIpc) is 1.90. The molecule has 72 valence electrons. The number of hydrogen-bond donors (Lipinski definition) is 1. The molecule has 4 heteroatoms. The molecule has 0 unspecified atom stereocenters. The second-order valence-electron chi connectivity index (χ2n) is 3.56. The highest BCUT2D eigenvalue weighted by Gasteiger charge is 2.28. The van der Waals surface area contributed by atoms with E-state index in [2.05, 4.69) is 4.90 Å². The number of rotatable bonds is 1. The number of piperidine rings is 1. The zero-order chi connectivity index (χ0) is 7.68. The topological polar surface area (TPSA) is 38.5 Å². The molecular formula is C8H17ClN2O. The van der Waals surface area contributed by atoms with E-state index in [4.69, 9.17) is 10.5 Å². The third-order valence-electron chi connectivity index (χ3n) is 2.71. The van der Waals surface area contributed by atoms with E-state index in [0.29, 0.717) is 12.1 Å². The lowest BCUT2D eigenvalue weighted by Crippen LogP contribution is -2.53. The lowest BCUT2D eigenvalue weighted by Gasteiger charge is -2.40. The molecule has 0 atom stereocenters. The van der Waals surface area contributed by atoms with Crippen LogP contribution in [0.5, 0.6) is 0 Å². The molecule has 0 aromatic rings. The monoisotopic (exact) mass is 192 g/mol. The molecule has 0 spiro atoms. The van der Waals surface area contributed by atoms with E-state index in [1.807, 2.05) is 0 Å². The second kappa shape index (κ2) is 4.42. The fraction of sp³-hybridized carbons (Fsp3) is 1.00. The van der Waals surface area contributed by atoms with Crippen LogP contribution in [0.25, 0.3) is 0 Å². The van der Waals surface area contributed by atoms with Crippen LogP contribution in [0.15, 0.2) is 0 Å². The van der Waals surface area contributed by atoms with Crippen LogP contribution in [0.1, 0.15) is 12.8 Å². The summed E-state index contributed by atoms with van der Waals surface area (Å²) in [5, 5.41) is 0. The van der Waals surface area contributed by atoms with Crippen molar-refractivity contribution in [1.29, 1.82) is 0 Å². The molecule has 2 heterocycles. The van der Waals surface area contributed by atoms with Gasteiger partial charge in [0.25, 0.3) is 0 Å². The van der Waals surface area contributed by atoms with Crippen molar-refractivity contribution in [2.24, 2.45) is 5.73 Å². The van der Waals surface area contributed by atoms with Crippen LogP contribution in [0.3, 0.4) is 0 Å². The molecule has 0 aliphatic carbocycles. The first kappa shape index (κ1) is 10.3. The summed E-state index contributed by atoms with van der Waals surface area (Å²) >= 11 is 0. The van der Waals surface area contributed by atoms with Gasteiger partial charge in [0.2, 0.25) is 0 Å². The van der Waals surface area contributed by atoms with Crippen molar-refractivity contribution in [2.75, 3.05) is 26.3 Å². The predicted octanol–water partition coefficient (Wildman–Crippen LogP) is 0.230.